The molecule has 1 saturated heterocycles. The van der Waals surface area contributed by atoms with Gasteiger partial charge in [0.25, 0.3) is 0 Å². The molecule has 0 aliphatic carbocycles. The highest BCUT2D eigenvalue weighted by molar-refractivity contribution is 5.13. The smallest absolute Gasteiger partial charge is 0.187 e. The van der Waals surface area contributed by atoms with Gasteiger partial charge in [0.15, 0.2) is 6.29 Å². The van der Waals surface area contributed by atoms with Crippen molar-refractivity contribution in [3.05, 3.63) is 35.9 Å². The van der Waals surface area contributed by atoms with Crippen LogP contribution in [-0.2, 0) is 20.8 Å². The minimum atomic E-state index is -0.504. The first-order chi connectivity index (χ1) is 9.70. The number of ether oxygens (including phenoxy) is 3. The normalized spacial score (nSPS) is 22.1. The third-order valence-corrected chi connectivity index (χ3v) is 4.04. The number of methoxy groups -OCH3 is 2. The summed E-state index contributed by atoms with van der Waals surface area (Å²) in [6.07, 6.45) is 1.85. The zero-order chi connectivity index (χ0) is 14.4. The van der Waals surface area contributed by atoms with E-state index in [-0.39, 0.29) is 12.3 Å². The summed E-state index contributed by atoms with van der Waals surface area (Å²) in [5, 5.41) is 3.50. The molecule has 0 aromatic heterocycles. The van der Waals surface area contributed by atoms with E-state index in [9.17, 15) is 0 Å². The largest absolute Gasteiger partial charge is 0.364 e. The van der Waals surface area contributed by atoms with Crippen LogP contribution in [0.15, 0.2) is 30.3 Å². The summed E-state index contributed by atoms with van der Waals surface area (Å²) in [5.41, 5.74) is 0.651. The van der Waals surface area contributed by atoms with Gasteiger partial charge < -0.3 is 19.5 Å². The molecule has 2 atom stereocenters. The Morgan fingerprint density at radius 1 is 1.25 bits per heavy atom. The molecule has 0 radical (unpaired) electrons. The molecule has 4 heteroatoms. The summed E-state index contributed by atoms with van der Waals surface area (Å²) in [4.78, 5) is 0. The fraction of sp³-hybridized carbons (Fsp3) is 0.625. The van der Waals surface area contributed by atoms with Crippen LogP contribution in [0.5, 0.6) is 0 Å². The molecule has 1 aliphatic rings. The van der Waals surface area contributed by atoms with Crippen LogP contribution >= 0.6 is 0 Å². The molecule has 0 bridgehead atoms. The van der Waals surface area contributed by atoms with Gasteiger partial charge in [-0.3, -0.25) is 0 Å². The first-order valence-electron chi connectivity index (χ1n) is 7.17. The molecule has 1 aliphatic heterocycles. The van der Waals surface area contributed by atoms with Gasteiger partial charge in [-0.05, 0) is 31.9 Å². The van der Waals surface area contributed by atoms with Crippen LogP contribution in [0.2, 0.25) is 0 Å². The van der Waals surface area contributed by atoms with Crippen molar-refractivity contribution in [3.63, 3.8) is 0 Å². The lowest BCUT2D eigenvalue weighted by atomic mass is 9.93. The minimum absolute atomic E-state index is 0.246. The molecule has 1 aromatic rings. The van der Waals surface area contributed by atoms with E-state index >= 15 is 0 Å². The Hall–Kier alpha value is -0.940. The van der Waals surface area contributed by atoms with Crippen LogP contribution in [0.4, 0.5) is 0 Å². The van der Waals surface area contributed by atoms with Crippen LogP contribution in [0.25, 0.3) is 0 Å². The highest BCUT2D eigenvalue weighted by Crippen LogP contribution is 2.29. The van der Waals surface area contributed by atoms with E-state index in [0.29, 0.717) is 6.61 Å². The van der Waals surface area contributed by atoms with E-state index in [4.69, 9.17) is 14.2 Å². The first kappa shape index (κ1) is 15.4. The maximum Gasteiger partial charge on any atom is 0.187 e. The Kier molecular flexibility index (Phi) is 5.54. The molecule has 1 fully saturated rings. The van der Waals surface area contributed by atoms with Gasteiger partial charge in [-0.25, -0.2) is 0 Å². The van der Waals surface area contributed by atoms with Crippen molar-refractivity contribution in [2.75, 3.05) is 20.8 Å². The van der Waals surface area contributed by atoms with Crippen molar-refractivity contribution in [1.29, 1.82) is 0 Å². The molecule has 0 unspecified atom stereocenters. The van der Waals surface area contributed by atoms with Crippen molar-refractivity contribution in [3.8, 4) is 0 Å². The van der Waals surface area contributed by atoms with Gasteiger partial charge in [0.2, 0.25) is 0 Å². The van der Waals surface area contributed by atoms with Crippen molar-refractivity contribution in [1.82, 2.24) is 5.32 Å². The predicted molar refractivity (Wildman–Crippen MR) is 78.5 cm³/mol. The van der Waals surface area contributed by atoms with Gasteiger partial charge in [0, 0.05) is 20.3 Å². The number of hydrogen-bond acceptors (Lipinski definition) is 4. The van der Waals surface area contributed by atoms with Crippen LogP contribution in [0.1, 0.15) is 25.3 Å². The highest BCUT2D eigenvalue weighted by atomic mass is 16.7. The summed E-state index contributed by atoms with van der Waals surface area (Å²) in [5.74, 6) is 0. The maximum atomic E-state index is 6.23. The molecular weight excluding hydrogens is 254 g/mol. The van der Waals surface area contributed by atoms with Crippen LogP contribution in [0, 0.1) is 0 Å². The lowest BCUT2D eigenvalue weighted by Crippen LogP contribution is -2.56. The molecule has 2 rings (SSSR count). The highest BCUT2D eigenvalue weighted by Gasteiger charge is 2.44. The van der Waals surface area contributed by atoms with E-state index in [1.165, 1.54) is 0 Å². The number of benzene rings is 1. The van der Waals surface area contributed by atoms with Gasteiger partial charge in [-0.15, -0.1) is 0 Å². The second-order valence-corrected chi connectivity index (χ2v) is 5.41. The molecule has 20 heavy (non-hydrogen) atoms. The Morgan fingerprint density at radius 2 is 1.95 bits per heavy atom. The number of nitrogens with one attached hydrogen (secondary N) is 1. The summed E-state index contributed by atoms with van der Waals surface area (Å²) in [6, 6.07) is 10.4. The molecule has 0 amide bonds. The average Bonchev–Trinajstić information content (AvgIpc) is 3.02. The Labute approximate surface area is 121 Å². The maximum absolute atomic E-state index is 6.23. The van der Waals surface area contributed by atoms with Crippen molar-refractivity contribution < 1.29 is 14.2 Å². The third kappa shape index (κ3) is 3.38. The van der Waals surface area contributed by atoms with Gasteiger partial charge in [0.05, 0.1) is 6.61 Å². The van der Waals surface area contributed by atoms with E-state index < -0.39 is 5.60 Å². The second kappa shape index (κ2) is 7.18. The topological polar surface area (TPSA) is 39.7 Å². The summed E-state index contributed by atoms with van der Waals surface area (Å²) in [6.45, 7) is 3.64. The zero-order valence-electron chi connectivity index (χ0n) is 12.6. The minimum Gasteiger partial charge on any atom is -0.364 e. The lowest BCUT2D eigenvalue weighted by Gasteiger charge is -2.40. The molecule has 0 saturated carbocycles. The molecule has 1 N–H and O–H groups in total. The standard InChI is InChI=1S/C16H25NO3/c1-16(15(18-2)19-3,14-10-7-11-17-14)20-12-13-8-5-4-6-9-13/h4-6,8-9,14-15,17H,7,10-12H2,1-3H3/t14-,16+/m0/s1. The predicted octanol–water partition coefficient (Wildman–Crippen LogP) is 2.33. The molecular formula is C16H25NO3. The van der Waals surface area contributed by atoms with Crippen LogP contribution in [0.3, 0.4) is 0 Å². The first-order valence-corrected chi connectivity index (χ1v) is 7.17. The molecule has 1 heterocycles. The SMILES string of the molecule is COC(OC)[C@](C)(OCc1ccccc1)[C@@H]1CCCN1. The fourth-order valence-electron chi connectivity index (χ4n) is 2.88. The quantitative estimate of drug-likeness (QED) is 0.778. The van der Waals surface area contributed by atoms with E-state index in [1.807, 2.05) is 18.2 Å². The van der Waals surface area contributed by atoms with Crippen molar-refractivity contribution in [2.45, 2.75) is 44.3 Å². The average molecular weight is 279 g/mol. The van der Waals surface area contributed by atoms with E-state index in [1.54, 1.807) is 14.2 Å². The summed E-state index contributed by atoms with van der Waals surface area (Å²) >= 11 is 0. The van der Waals surface area contributed by atoms with Gasteiger partial charge in [0.1, 0.15) is 5.60 Å². The third-order valence-electron chi connectivity index (χ3n) is 4.04. The molecule has 0 spiro atoms. The Bertz CT molecular complexity index is 384. The van der Waals surface area contributed by atoms with E-state index in [0.717, 1.165) is 24.9 Å². The molecule has 4 nitrogen and oxygen atoms in total. The van der Waals surface area contributed by atoms with Gasteiger partial charge >= 0.3 is 0 Å². The van der Waals surface area contributed by atoms with Gasteiger partial charge in [-0.2, -0.15) is 0 Å². The van der Waals surface area contributed by atoms with Crippen molar-refractivity contribution >= 4 is 0 Å². The Balaban J connectivity index is 2.09. The van der Waals surface area contributed by atoms with E-state index in [2.05, 4.69) is 24.4 Å². The van der Waals surface area contributed by atoms with Crippen LogP contribution < -0.4 is 5.32 Å². The van der Waals surface area contributed by atoms with Gasteiger partial charge in [-0.1, -0.05) is 30.3 Å². The number of hydrogen-bond donors (Lipinski definition) is 1. The summed E-state index contributed by atoms with van der Waals surface area (Å²) in [7, 11) is 3.32. The molecule has 1 aromatic carbocycles. The monoisotopic (exact) mass is 279 g/mol. The second-order valence-electron chi connectivity index (χ2n) is 5.41. The number of rotatable bonds is 7. The van der Waals surface area contributed by atoms with Crippen LogP contribution in [-0.4, -0.2) is 38.7 Å². The Morgan fingerprint density at radius 3 is 2.50 bits per heavy atom. The lowest BCUT2D eigenvalue weighted by molar-refractivity contribution is -0.241. The summed E-state index contributed by atoms with van der Waals surface area (Å²) < 4.78 is 17.2. The van der Waals surface area contributed by atoms with Crippen molar-refractivity contribution in [2.24, 2.45) is 0 Å². The zero-order valence-corrected chi connectivity index (χ0v) is 12.6. The molecule has 112 valence electrons. The fourth-order valence-corrected chi connectivity index (χ4v) is 2.88.